The molecule has 1 aliphatic heterocycles. The number of thiophene rings is 1. The van der Waals surface area contributed by atoms with Gasteiger partial charge < -0.3 is 4.90 Å². The van der Waals surface area contributed by atoms with Gasteiger partial charge >= 0.3 is 0 Å². The van der Waals surface area contributed by atoms with Crippen molar-refractivity contribution in [2.24, 2.45) is 0 Å². The molecule has 0 atom stereocenters. The van der Waals surface area contributed by atoms with E-state index in [-0.39, 0.29) is 11.7 Å². The summed E-state index contributed by atoms with van der Waals surface area (Å²) in [4.78, 5) is 23.9. The fourth-order valence-electron chi connectivity index (χ4n) is 2.88. The van der Waals surface area contributed by atoms with E-state index in [2.05, 4.69) is 9.97 Å². The molecule has 0 radical (unpaired) electrons. The molecule has 4 rings (SSSR count). The number of halogens is 1. The Kier molecular flexibility index (Phi) is 4.67. The van der Waals surface area contributed by atoms with E-state index in [1.165, 1.54) is 30.2 Å². The third-order valence-corrected chi connectivity index (χ3v) is 6.48. The van der Waals surface area contributed by atoms with E-state index < -0.39 is 0 Å². The number of fused-ring (bicyclic) bond motifs is 1. The minimum absolute atomic E-state index is 0.171. The van der Waals surface area contributed by atoms with Gasteiger partial charge in [-0.15, -0.1) is 11.3 Å². The summed E-state index contributed by atoms with van der Waals surface area (Å²) in [7, 11) is 0. The van der Waals surface area contributed by atoms with Gasteiger partial charge in [0.1, 0.15) is 17.2 Å². The van der Waals surface area contributed by atoms with Crippen LogP contribution in [0, 0.1) is 5.82 Å². The van der Waals surface area contributed by atoms with Crippen molar-refractivity contribution < 1.29 is 9.18 Å². The summed E-state index contributed by atoms with van der Waals surface area (Å²) in [6.07, 6.45) is 3.73. The first kappa shape index (κ1) is 16.5. The molecule has 1 aliphatic rings. The van der Waals surface area contributed by atoms with Gasteiger partial charge in [0.2, 0.25) is 5.91 Å². The Labute approximate surface area is 153 Å². The molecular weight excluding hydrogens is 357 g/mol. The van der Waals surface area contributed by atoms with Gasteiger partial charge in [0.25, 0.3) is 0 Å². The van der Waals surface area contributed by atoms with Crippen LogP contribution < -0.4 is 0 Å². The first-order valence-corrected chi connectivity index (χ1v) is 9.92. The summed E-state index contributed by atoms with van der Waals surface area (Å²) in [5.41, 5.74) is 1.81. The van der Waals surface area contributed by atoms with Gasteiger partial charge in [-0.2, -0.15) is 0 Å². The molecule has 0 saturated carbocycles. The molecule has 128 valence electrons. The quantitative estimate of drug-likeness (QED) is 0.508. The number of carbonyl (C=O) groups is 1. The predicted octanol–water partition coefficient (Wildman–Crippen LogP) is 4.21. The van der Waals surface area contributed by atoms with Gasteiger partial charge in [0.15, 0.2) is 0 Å². The molecule has 3 aromatic rings. The average molecular weight is 373 g/mol. The predicted molar refractivity (Wildman–Crippen MR) is 99.3 cm³/mol. The van der Waals surface area contributed by atoms with Crippen LogP contribution in [-0.4, -0.2) is 39.6 Å². The lowest BCUT2D eigenvalue weighted by atomic mass is 10.2. The third kappa shape index (κ3) is 3.52. The van der Waals surface area contributed by atoms with Gasteiger partial charge in [-0.05, 0) is 36.6 Å². The Morgan fingerprint density at radius 3 is 2.72 bits per heavy atom. The fourth-order valence-corrected chi connectivity index (χ4v) is 4.98. The van der Waals surface area contributed by atoms with Gasteiger partial charge in [0, 0.05) is 18.0 Å². The average Bonchev–Trinajstić information content (AvgIpc) is 3.30. The number of amides is 1. The maximum Gasteiger partial charge on any atom is 0.232 e. The molecule has 0 N–H and O–H groups in total. The molecule has 0 bridgehead atoms. The van der Waals surface area contributed by atoms with Crippen LogP contribution in [0.15, 0.2) is 41.7 Å². The zero-order valence-electron chi connectivity index (χ0n) is 13.4. The molecular formula is C18H16FN3OS2. The van der Waals surface area contributed by atoms with Gasteiger partial charge in [-0.25, -0.2) is 14.4 Å². The Morgan fingerprint density at radius 2 is 1.96 bits per heavy atom. The number of aromatic nitrogens is 2. The van der Waals surface area contributed by atoms with Crippen molar-refractivity contribution in [2.75, 3.05) is 18.8 Å². The summed E-state index contributed by atoms with van der Waals surface area (Å²) in [6.45, 7) is 1.73. The smallest absolute Gasteiger partial charge is 0.232 e. The number of benzene rings is 1. The minimum atomic E-state index is -0.249. The van der Waals surface area contributed by atoms with E-state index in [9.17, 15) is 9.18 Å². The van der Waals surface area contributed by atoms with Crippen molar-refractivity contribution in [3.63, 3.8) is 0 Å². The van der Waals surface area contributed by atoms with Crippen LogP contribution in [0.5, 0.6) is 0 Å². The maximum atomic E-state index is 13.1. The molecule has 2 aromatic heterocycles. The highest BCUT2D eigenvalue weighted by atomic mass is 32.2. The van der Waals surface area contributed by atoms with Crippen LogP contribution in [0.1, 0.15) is 12.8 Å². The summed E-state index contributed by atoms with van der Waals surface area (Å²) in [5.74, 6) is 0.321. The van der Waals surface area contributed by atoms with Crippen molar-refractivity contribution in [3.05, 3.63) is 42.5 Å². The number of hydrogen-bond acceptors (Lipinski definition) is 5. The standard InChI is InChI=1S/C18H16FN3OS2/c19-13-5-3-12(4-6-13)15-9-14-17(25-15)18(21-11-20-14)24-10-16(23)22-7-1-2-8-22/h3-6,9,11H,1-2,7-8,10H2. The van der Waals surface area contributed by atoms with Crippen LogP contribution in [0.25, 0.3) is 20.7 Å². The molecule has 0 aliphatic carbocycles. The Morgan fingerprint density at radius 1 is 1.20 bits per heavy atom. The number of carbonyl (C=O) groups excluding carboxylic acids is 1. The molecule has 0 unspecified atom stereocenters. The van der Waals surface area contributed by atoms with E-state index in [4.69, 9.17) is 0 Å². The van der Waals surface area contributed by atoms with E-state index in [1.54, 1.807) is 23.5 Å². The molecule has 0 spiro atoms. The second kappa shape index (κ2) is 7.09. The van der Waals surface area contributed by atoms with Crippen LogP contribution >= 0.6 is 23.1 Å². The van der Waals surface area contributed by atoms with Gasteiger partial charge in [-0.3, -0.25) is 4.79 Å². The van der Waals surface area contributed by atoms with Crippen molar-refractivity contribution in [2.45, 2.75) is 17.9 Å². The molecule has 1 fully saturated rings. The van der Waals surface area contributed by atoms with Gasteiger partial charge in [0.05, 0.1) is 16.0 Å². The normalized spacial score (nSPS) is 14.4. The number of thioether (sulfide) groups is 1. The van der Waals surface area contributed by atoms with Crippen molar-refractivity contribution >= 4 is 39.2 Å². The number of rotatable bonds is 4. The van der Waals surface area contributed by atoms with Crippen LogP contribution in [0.3, 0.4) is 0 Å². The molecule has 7 heteroatoms. The van der Waals surface area contributed by atoms with Gasteiger partial charge in [-0.1, -0.05) is 23.9 Å². The van der Waals surface area contributed by atoms with Crippen LogP contribution in [0.4, 0.5) is 4.39 Å². The first-order valence-electron chi connectivity index (χ1n) is 8.12. The Balaban J connectivity index is 1.57. The lowest BCUT2D eigenvalue weighted by Gasteiger charge is -2.14. The van der Waals surface area contributed by atoms with Crippen molar-refractivity contribution in [3.8, 4) is 10.4 Å². The largest absolute Gasteiger partial charge is 0.342 e. The molecule has 3 heterocycles. The molecule has 4 nitrogen and oxygen atoms in total. The monoisotopic (exact) mass is 373 g/mol. The second-order valence-electron chi connectivity index (χ2n) is 5.89. The summed E-state index contributed by atoms with van der Waals surface area (Å²) >= 11 is 3.04. The lowest BCUT2D eigenvalue weighted by molar-refractivity contribution is -0.127. The van der Waals surface area contributed by atoms with Crippen LogP contribution in [-0.2, 0) is 4.79 Å². The SMILES string of the molecule is O=C(CSc1ncnc2cc(-c3ccc(F)cc3)sc12)N1CCCC1. The van der Waals surface area contributed by atoms with E-state index in [0.29, 0.717) is 5.75 Å². The molecule has 1 aromatic carbocycles. The zero-order chi connectivity index (χ0) is 17.2. The molecule has 25 heavy (non-hydrogen) atoms. The zero-order valence-corrected chi connectivity index (χ0v) is 15.1. The Bertz CT molecular complexity index is 904. The number of nitrogens with zero attached hydrogens (tertiary/aromatic N) is 3. The maximum absolute atomic E-state index is 13.1. The highest BCUT2D eigenvalue weighted by molar-refractivity contribution is 8.00. The highest BCUT2D eigenvalue weighted by Crippen LogP contribution is 2.37. The minimum Gasteiger partial charge on any atom is -0.342 e. The van der Waals surface area contributed by atoms with Crippen molar-refractivity contribution in [1.29, 1.82) is 0 Å². The summed E-state index contributed by atoms with van der Waals surface area (Å²) < 4.78 is 14.1. The number of hydrogen-bond donors (Lipinski definition) is 0. The molecule has 1 amide bonds. The van der Waals surface area contributed by atoms with E-state index >= 15 is 0 Å². The van der Waals surface area contributed by atoms with E-state index in [0.717, 1.165) is 51.6 Å². The van der Waals surface area contributed by atoms with E-state index in [1.807, 2.05) is 11.0 Å². The molecule has 1 saturated heterocycles. The summed E-state index contributed by atoms with van der Waals surface area (Å²) in [5, 5.41) is 0.830. The third-order valence-electron chi connectivity index (χ3n) is 4.20. The topological polar surface area (TPSA) is 46.1 Å². The Hall–Kier alpha value is -1.99. The van der Waals surface area contributed by atoms with Crippen molar-refractivity contribution in [1.82, 2.24) is 14.9 Å². The number of likely N-dealkylation sites (tertiary alicyclic amines) is 1. The fraction of sp³-hybridized carbons (Fsp3) is 0.278. The summed E-state index contributed by atoms with van der Waals surface area (Å²) in [6, 6.07) is 8.42. The second-order valence-corrected chi connectivity index (χ2v) is 7.90. The van der Waals surface area contributed by atoms with Crippen LogP contribution in [0.2, 0.25) is 0 Å². The highest BCUT2D eigenvalue weighted by Gasteiger charge is 2.19. The lowest BCUT2D eigenvalue weighted by Crippen LogP contribution is -2.29. The first-order chi connectivity index (χ1) is 12.2.